The van der Waals surface area contributed by atoms with Crippen LogP contribution in [-0.4, -0.2) is 49.1 Å². The highest BCUT2D eigenvalue weighted by molar-refractivity contribution is 7.18. The zero-order valence-electron chi connectivity index (χ0n) is 18.0. The average Bonchev–Trinajstić information content (AvgIpc) is 3.28. The fourth-order valence-electron chi connectivity index (χ4n) is 4.42. The van der Waals surface area contributed by atoms with Crippen molar-refractivity contribution in [3.8, 4) is 21.8 Å². The molecule has 0 radical (unpaired) electrons. The third-order valence-electron chi connectivity index (χ3n) is 5.45. The van der Waals surface area contributed by atoms with Crippen LogP contribution in [0.5, 0.6) is 0 Å². The molecule has 0 spiro atoms. The average molecular weight is 412 g/mol. The van der Waals surface area contributed by atoms with Crippen LogP contribution in [0.4, 0.5) is 5.13 Å². The molecule has 8 heteroatoms. The molecule has 154 valence electrons. The highest BCUT2D eigenvalue weighted by Crippen LogP contribution is 2.35. The smallest absolute Gasteiger partial charge is 0.208 e. The van der Waals surface area contributed by atoms with Crippen molar-refractivity contribution in [3.05, 3.63) is 30.7 Å². The topological polar surface area (TPSA) is 71.8 Å². The van der Waals surface area contributed by atoms with Crippen LogP contribution in [0.1, 0.15) is 40.5 Å². The van der Waals surface area contributed by atoms with Crippen LogP contribution in [0, 0.1) is 0 Å². The third-order valence-corrected chi connectivity index (χ3v) is 6.49. The van der Waals surface area contributed by atoms with E-state index in [1.54, 1.807) is 16.0 Å². The molecule has 3 aromatic heterocycles. The Labute approximate surface area is 176 Å². The fraction of sp³-hybridized carbons (Fsp3) is 0.524. The molecule has 4 heterocycles. The van der Waals surface area contributed by atoms with Gasteiger partial charge in [0.15, 0.2) is 5.01 Å². The summed E-state index contributed by atoms with van der Waals surface area (Å²) in [7, 11) is 4.04. The lowest BCUT2D eigenvalue weighted by atomic mass is 9.79. The van der Waals surface area contributed by atoms with Crippen molar-refractivity contribution < 1.29 is 0 Å². The quantitative estimate of drug-likeness (QED) is 0.705. The van der Waals surface area contributed by atoms with Crippen molar-refractivity contribution in [2.24, 2.45) is 7.05 Å². The first kappa shape index (κ1) is 20.0. The molecule has 1 aliphatic heterocycles. The van der Waals surface area contributed by atoms with Crippen LogP contribution < -0.4 is 10.2 Å². The first-order valence-electron chi connectivity index (χ1n) is 9.93. The summed E-state index contributed by atoms with van der Waals surface area (Å²) in [5.41, 5.74) is 3.14. The van der Waals surface area contributed by atoms with E-state index < -0.39 is 0 Å². The minimum absolute atomic E-state index is 0.0951. The lowest BCUT2D eigenvalue weighted by Gasteiger charge is -2.48. The molecular formula is C21H29N7S. The van der Waals surface area contributed by atoms with Gasteiger partial charge in [0.05, 0.1) is 6.20 Å². The second-order valence-corrected chi connectivity index (χ2v) is 10.2. The van der Waals surface area contributed by atoms with Crippen molar-refractivity contribution in [1.82, 2.24) is 30.3 Å². The summed E-state index contributed by atoms with van der Waals surface area (Å²) in [4.78, 5) is 6.90. The summed E-state index contributed by atoms with van der Waals surface area (Å²) < 4.78 is 1.79. The number of nitrogens with zero attached hydrogens (tertiary/aromatic N) is 6. The van der Waals surface area contributed by atoms with Gasteiger partial charge in [0.1, 0.15) is 5.69 Å². The van der Waals surface area contributed by atoms with Gasteiger partial charge in [-0.2, -0.15) is 5.10 Å². The molecule has 0 saturated carbocycles. The first-order valence-corrected chi connectivity index (χ1v) is 10.7. The van der Waals surface area contributed by atoms with Crippen LogP contribution in [0.25, 0.3) is 21.8 Å². The molecule has 0 aliphatic carbocycles. The van der Waals surface area contributed by atoms with Gasteiger partial charge in [-0.15, -0.1) is 10.2 Å². The van der Waals surface area contributed by atoms with Crippen LogP contribution in [0.15, 0.2) is 30.7 Å². The van der Waals surface area contributed by atoms with Crippen molar-refractivity contribution in [1.29, 1.82) is 0 Å². The fourth-order valence-corrected chi connectivity index (χ4v) is 5.28. The van der Waals surface area contributed by atoms with Crippen molar-refractivity contribution in [3.63, 3.8) is 0 Å². The summed E-state index contributed by atoms with van der Waals surface area (Å²) in [6.45, 7) is 9.09. The highest BCUT2D eigenvalue weighted by atomic mass is 32.1. The Bertz CT molecular complexity index is 971. The number of aromatic nitrogens is 5. The summed E-state index contributed by atoms with van der Waals surface area (Å²) in [5.74, 6) is 0. The number of anilines is 1. The monoisotopic (exact) mass is 411 g/mol. The summed E-state index contributed by atoms with van der Waals surface area (Å²) in [6, 6.07) is 4.48. The summed E-state index contributed by atoms with van der Waals surface area (Å²) in [6.07, 6.45) is 7.84. The Balaban J connectivity index is 1.52. The Hall–Kier alpha value is -2.32. The van der Waals surface area contributed by atoms with E-state index in [0.29, 0.717) is 6.04 Å². The number of aryl methyl sites for hydroxylation is 1. The molecule has 7 nitrogen and oxygen atoms in total. The van der Waals surface area contributed by atoms with Gasteiger partial charge in [-0.1, -0.05) is 17.4 Å². The van der Waals surface area contributed by atoms with Gasteiger partial charge in [-0.05, 0) is 46.6 Å². The highest BCUT2D eigenvalue weighted by Gasteiger charge is 2.39. The normalized spacial score (nSPS) is 18.7. The van der Waals surface area contributed by atoms with Gasteiger partial charge in [-0.25, -0.2) is 0 Å². The molecule has 1 fully saturated rings. The summed E-state index contributed by atoms with van der Waals surface area (Å²) in [5, 5.41) is 18.6. The van der Waals surface area contributed by atoms with Crippen LogP contribution in [0.2, 0.25) is 0 Å². The zero-order chi connectivity index (χ0) is 20.8. The molecule has 1 aliphatic rings. The van der Waals surface area contributed by atoms with Gasteiger partial charge in [0, 0.05) is 54.7 Å². The lowest BCUT2D eigenvalue weighted by molar-refractivity contribution is 0.161. The SMILES string of the molecule is CN(c1nnc(-c2ccc(-c3cnn(C)c3)cn2)s1)C1CC(C)(C)NC(C)(C)C1. The van der Waals surface area contributed by atoms with Gasteiger partial charge >= 0.3 is 0 Å². The van der Waals surface area contributed by atoms with E-state index >= 15 is 0 Å². The molecule has 29 heavy (non-hydrogen) atoms. The molecule has 1 saturated heterocycles. The number of hydrogen-bond acceptors (Lipinski definition) is 7. The van der Waals surface area contributed by atoms with Crippen molar-refractivity contribution >= 4 is 16.5 Å². The van der Waals surface area contributed by atoms with Crippen molar-refractivity contribution in [2.45, 2.75) is 57.7 Å². The van der Waals surface area contributed by atoms with Gasteiger partial charge in [-0.3, -0.25) is 9.67 Å². The Morgan fingerprint density at radius 3 is 2.38 bits per heavy atom. The van der Waals surface area contributed by atoms with E-state index in [0.717, 1.165) is 39.8 Å². The molecule has 0 aromatic carbocycles. The maximum atomic E-state index is 4.61. The molecule has 0 bridgehead atoms. The van der Waals surface area contributed by atoms with E-state index in [9.17, 15) is 0 Å². The van der Waals surface area contributed by atoms with Crippen molar-refractivity contribution in [2.75, 3.05) is 11.9 Å². The van der Waals surface area contributed by atoms with E-state index in [1.807, 2.05) is 31.7 Å². The van der Waals surface area contributed by atoms with E-state index in [-0.39, 0.29) is 11.1 Å². The lowest BCUT2D eigenvalue weighted by Crippen LogP contribution is -2.61. The predicted molar refractivity (Wildman–Crippen MR) is 118 cm³/mol. The van der Waals surface area contributed by atoms with Gasteiger partial charge in [0.2, 0.25) is 5.13 Å². The largest absolute Gasteiger partial charge is 0.347 e. The Kier molecular flexibility index (Phi) is 4.94. The number of rotatable bonds is 4. The third kappa shape index (κ3) is 4.33. The first-order chi connectivity index (χ1) is 13.6. The molecular weight excluding hydrogens is 382 g/mol. The van der Waals surface area contributed by atoms with Crippen LogP contribution >= 0.6 is 11.3 Å². The van der Waals surface area contributed by atoms with E-state index in [1.165, 1.54) is 0 Å². The van der Waals surface area contributed by atoms with Gasteiger partial charge in [0.25, 0.3) is 0 Å². The second-order valence-electron chi connectivity index (χ2n) is 9.29. The van der Waals surface area contributed by atoms with Crippen LogP contribution in [-0.2, 0) is 7.05 Å². The minimum atomic E-state index is 0.0951. The maximum absolute atomic E-state index is 4.61. The molecule has 3 aromatic rings. The number of nitrogens with one attached hydrogen (secondary N) is 1. The number of piperidine rings is 1. The molecule has 1 N–H and O–H groups in total. The predicted octanol–water partition coefficient (Wildman–Crippen LogP) is 3.75. The standard InChI is InChI=1S/C21H29N7S/c1-20(2)9-16(10-21(3,4)26-20)28(6)19-25-24-18(29-19)17-8-7-14(11-22-17)15-12-23-27(5)13-15/h7-8,11-13,16,26H,9-10H2,1-6H3. The van der Waals surface area contributed by atoms with Gasteiger partial charge < -0.3 is 10.2 Å². The Morgan fingerprint density at radius 2 is 1.79 bits per heavy atom. The molecule has 0 amide bonds. The van der Waals surface area contributed by atoms with E-state index in [2.05, 4.69) is 71.3 Å². The zero-order valence-corrected chi connectivity index (χ0v) is 18.8. The number of pyridine rings is 1. The Morgan fingerprint density at radius 1 is 1.07 bits per heavy atom. The minimum Gasteiger partial charge on any atom is -0.347 e. The molecule has 0 unspecified atom stereocenters. The number of hydrogen-bond donors (Lipinski definition) is 1. The molecule has 4 rings (SSSR count). The second kappa shape index (κ2) is 7.18. The maximum Gasteiger partial charge on any atom is 0.208 e. The van der Waals surface area contributed by atoms with E-state index in [4.69, 9.17) is 0 Å². The molecule has 0 atom stereocenters. The van der Waals surface area contributed by atoms with Crippen LogP contribution in [0.3, 0.4) is 0 Å². The summed E-state index contributed by atoms with van der Waals surface area (Å²) >= 11 is 1.60.